The molecule has 33 heavy (non-hydrogen) atoms. The number of aromatic hydroxyl groups is 1. The van der Waals surface area contributed by atoms with Crippen LogP contribution in [0, 0.1) is 0 Å². The predicted molar refractivity (Wildman–Crippen MR) is 132 cm³/mol. The highest BCUT2D eigenvalue weighted by atomic mass is 32.2. The number of rotatable bonds is 11. The first-order chi connectivity index (χ1) is 15.8. The number of carboxylic acid groups (broad SMARTS) is 1. The first-order valence-electron chi connectivity index (χ1n) is 10.1. The molecule has 2 aromatic rings. The summed E-state index contributed by atoms with van der Waals surface area (Å²) in [5.41, 5.74) is 2.72. The average Bonchev–Trinajstić information content (AvgIpc) is 2.80. The second-order valence-electron chi connectivity index (χ2n) is 6.94. The highest BCUT2D eigenvalue weighted by molar-refractivity contribution is 8.02. The topological polar surface area (TPSA) is 107 Å². The lowest BCUT2D eigenvalue weighted by atomic mass is 10.1. The number of carboxylic acids is 1. The zero-order valence-electron chi connectivity index (χ0n) is 18.4. The van der Waals surface area contributed by atoms with Crippen molar-refractivity contribution in [3.05, 3.63) is 88.5 Å². The quantitative estimate of drug-likeness (QED) is 0.255. The minimum absolute atomic E-state index is 0.131. The van der Waals surface area contributed by atoms with Gasteiger partial charge in [0.25, 0.3) is 0 Å². The molecule has 0 heterocycles. The Morgan fingerprint density at radius 3 is 2.42 bits per heavy atom. The van der Waals surface area contributed by atoms with Crippen molar-refractivity contribution >= 4 is 41.8 Å². The van der Waals surface area contributed by atoms with Crippen LogP contribution < -0.4 is 5.32 Å². The van der Waals surface area contributed by atoms with Gasteiger partial charge in [-0.2, -0.15) is 0 Å². The van der Waals surface area contributed by atoms with Gasteiger partial charge in [0.2, 0.25) is 12.3 Å². The first-order valence-corrected chi connectivity index (χ1v) is 11.3. The Labute approximate surface area is 197 Å². The SMILES string of the molecule is C=C(/C(=C/c1ccc(CC)cc1)SC)N(C=O)C/C=C/C(=O)Nc1ccc(C(=O)O)c(O)c1. The van der Waals surface area contributed by atoms with Crippen molar-refractivity contribution in [1.29, 1.82) is 0 Å². The molecule has 0 fully saturated rings. The number of hydrogen-bond donors (Lipinski definition) is 3. The highest BCUT2D eigenvalue weighted by Gasteiger charge is 2.12. The summed E-state index contributed by atoms with van der Waals surface area (Å²) in [5, 5.41) is 21.2. The van der Waals surface area contributed by atoms with Gasteiger partial charge >= 0.3 is 5.97 Å². The molecule has 0 saturated heterocycles. The summed E-state index contributed by atoms with van der Waals surface area (Å²) in [5.74, 6) is -2.21. The summed E-state index contributed by atoms with van der Waals surface area (Å²) in [6, 6.07) is 11.9. The van der Waals surface area contributed by atoms with Gasteiger partial charge in [0.15, 0.2) is 0 Å². The summed E-state index contributed by atoms with van der Waals surface area (Å²) in [7, 11) is 0. The molecule has 0 saturated carbocycles. The van der Waals surface area contributed by atoms with Gasteiger partial charge in [0.05, 0.1) is 5.70 Å². The van der Waals surface area contributed by atoms with Gasteiger partial charge in [0, 0.05) is 29.3 Å². The lowest BCUT2D eigenvalue weighted by Crippen LogP contribution is -2.21. The molecule has 3 N–H and O–H groups in total. The van der Waals surface area contributed by atoms with E-state index in [4.69, 9.17) is 5.11 Å². The highest BCUT2D eigenvalue weighted by Crippen LogP contribution is 2.26. The lowest BCUT2D eigenvalue weighted by Gasteiger charge is -2.19. The minimum atomic E-state index is -1.27. The van der Waals surface area contributed by atoms with Gasteiger partial charge in [0.1, 0.15) is 11.3 Å². The Kier molecular flexibility index (Phi) is 9.50. The number of hydrogen-bond acceptors (Lipinski definition) is 5. The number of aryl methyl sites for hydroxylation is 1. The molecule has 2 rings (SSSR count). The summed E-state index contributed by atoms with van der Waals surface area (Å²) < 4.78 is 0. The maximum atomic E-state index is 12.1. The van der Waals surface area contributed by atoms with Crippen molar-refractivity contribution in [3.63, 3.8) is 0 Å². The van der Waals surface area contributed by atoms with E-state index in [9.17, 15) is 19.5 Å². The van der Waals surface area contributed by atoms with Crippen molar-refractivity contribution in [2.45, 2.75) is 13.3 Å². The van der Waals surface area contributed by atoms with Crippen molar-refractivity contribution < 1.29 is 24.6 Å². The zero-order chi connectivity index (χ0) is 24.4. The molecule has 7 nitrogen and oxygen atoms in total. The fourth-order valence-corrected chi connectivity index (χ4v) is 3.47. The van der Waals surface area contributed by atoms with Crippen LogP contribution in [0.4, 0.5) is 5.69 Å². The number of thioether (sulfide) groups is 1. The largest absolute Gasteiger partial charge is 0.507 e. The molecule has 0 aromatic heterocycles. The predicted octanol–water partition coefficient (Wildman–Crippen LogP) is 4.52. The third-order valence-electron chi connectivity index (χ3n) is 4.73. The fraction of sp³-hybridized carbons (Fsp3) is 0.160. The van der Waals surface area contributed by atoms with E-state index in [-0.39, 0.29) is 17.8 Å². The van der Waals surface area contributed by atoms with Crippen LogP contribution in [0.5, 0.6) is 5.75 Å². The van der Waals surface area contributed by atoms with E-state index in [0.29, 0.717) is 12.1 Å². The Morgan fingerprint density at radius 2 is 1.88 bits per heavy atom. The fourth-order valence-electron chi connectivity index (χ4n) is 2.87. The minimum Gasteiger partial charge on any atom is -0.507 e. The van der Waals surface area contributed by atoms with Gasteiger partial charge in [-0.1, -0.05) is 43.8 Å². The number of phenols is 1. The van der Waals surface area contributed by atoms with Gasteiger partial charge in [-0.25, -0.2) is 4.79 Å². The number of nitrogens with zero attached hydrogens (tertiary/aromatic N) is 1. The van der Waals surface area contributed by atoms with E-state index in [1.54, 1.807) is 0 Å². The molecule has 172 valence electrons. The van der Waals surface area contributed by atoms with Crippen LogP contribution in [-0.2, 0) is 16.0 Å². The molecular formula is C25H26N2O5S. The number of benzene rings is 2. The molecule has 0 radical (unpaired) electrons. The number of carbonyl (C=O) groups excluding carboxylic acids is 2. The second kappa shape index (κ2) is 12.3. The Bertz CT molecular complexity index is 1090. The molecule has 0 aliphatic rings. The van der Waals surface area contributed by atoms with Gasteiger partial charge in [-0.15, -0.1) is 11.8 Å². The van der Waals surface area contributed by atoms with Crippen molar-refractivity contribution in [1.82, 2.24) is 4.90 Å². The standard InChI is InChI=1S/C25H26N2O5S/c1-4-18-7-9-19(10-8-18)14-23(33-3)17(2)27(16-28)13-5-6-24(30)26-20-11-12-21(25(31)32)22(29)15-20/h5-12,14-16,29H,2,4,13H2,1,3H3,(H,26,30)(H,31,32)/b6-5+,23-14-. The molecule has 2 amide bonds. The van der Waals surface area contributed by atoms with Crippen LogP contribution in [0.3, 0.4) is 0 Å². The summed E-state index contributed by atoms with van der Waals surface area (Å²) in [6.07, 6.45) is 8.21. The molecule has 0 aliphatic heterocycles. The summed E-state index contributed by atoms with van der Waals surface area (Å²) in [6.45, 7) is 6.24. The smallest absolute Gasteiger partial charge is 0.339 e. The normalized spacial score (nSPS) is 11.3. The number of aromatic carboxylic acids is 1. The van der Waals surface area contributed by atoms with E-state index in [0.717, 1.165) is 23.0 Å². The van der Waals surface area contributed by atoms with Crippen LogP contribution in [0.1, 0.15) is 28.4 Å². The number of nitrogens with one attached hydrogen (secondary N) is 1. The maximum absolute atomic E-state index is 12.1. The third-order valence-corrected chi connectivity index (χ3v) is 5.52. The maximum Gasteiger partial charge on any atom is 0.339 e. The van der Waals surface area contributed by atoms with Crippen molar-refractivity contribution in [2.75, 3.05) is 18.1 Å². The van der Waals surface area contributed by atoms with Crippen molar-refractivity contribution in [2.24, 2.45) is 0 Å². The first kappa shape index (κ1) is 25.5. The summed E-state index contributed by atoms with van der Waals surface area (Å²) in [4.78, 5) is 36.9. The third kappa shape index (κ3) is 7.40. The van der Waals surface area contributed by atoms with Gasteiger partial charge in [-0.3, -0.25) is 9.59 Å². The van der Waals surface area contributed by atoms with Gasteiger partial charge in [-0.05, 0) is 42.0 Å². The molecule has 0 atom stereocenters. The van der Waals surface area contributed by atoms with E-state index in [2.05, 4.69) is 31.0 Å². The number of anilines is 1. The number of carbonyl (C=O) groups is 3. The van der Waals surface area contributed by atoms with Gasteiger partial charge < -0.3 is 20.4 Å². The average molecular weight is 467 g/mol. The molecule has 0 bridgehead atoms. The monoisotopic (exact) mass is 466 g/mol. The van der Waals surface area contributed by atoms with Crippen molar-refractivity contribution in [3.8, 4) is 5.75 Å². The summed E-state index contributed by atoms with van der Waals surface area (Å²) >= 11 is 1.46. The van der Waals surface area contributed by atoms with E-state index < -0.39 is 17.6 Å². The Hall–Kier alpha value is -3.78. The molecular weight excluding hydrogens is 440 g/mol. The van der Waals surface area contributed by atoms with Crippen LogP contribution in [0.25, 0.3) is 6.08 Å². The number of amides is 2. The van der Waals surface area contributed by atoms with E-state index in [1.165, 1.54) is 46.5 Å². The Balaban J connectivity index is 2.02. The molecule has 2 aromatic carbocycles. The second-order valence-corrected chi connectivity index (χ2v) is 7.79. The van der Waals surface area contributed by atoms with Crippen LogP contribution in [-0.4, -0.2) is 46.2 Å². The van der Waals surface area contributed by atoms with Crippen LogP contribution >= 0.6 is 11.8 Å². The molecule has 0 spiro atoms. The van der Waals surface area contributed by atoms with Crippen LogP contribution in [0.15, 0.2) is 71.8 Å². The van der Waals surface area contributed by atoms with E-state index in [1.807, 2.05) is 24.5 Å². The van der Waals surface area contributed by atoms with Crippen LogP contribution in [0.2, 0.25) is 0 Å². The lowest BCUT2D eigenvalue weighted by molar-refractivity contribution is -0.116. The molecule has 0 unspecified atom stereocenters. The Morgan fingerprint density at radius 1 is 1.18 bits per heavy atom. The van der Waals surface area contributed by atoms with E-state index >= 15 is 0 Å². The zero-order valence-corrected chi connectivity index (χ0v) is 19.3. The molecule has 0 aliphatic carbocycles. The molecule has 8 heteroatoms.